The van der Waals surface area contributed by atoms with E-state index in [2.05, 4.69) is 10.4 Å². The van der Waals surface area contributed by atoms with Crippen LogP contribution in [-0.2, 0) is 21.4 Å². The number of ether oxygens (including phenoxy) is 1. The number of anilines is 1. The van der Waals surface area contributed by atoms with E-state index < -0.39 is 0 Å². The second kappa shape index (κ2) is 7.59. The number of carbonyl (C=O) groups is 2. The number of esters is 1. The van der Waals surface area contributed by atoms with E-state index in [0.29, 0.717) is 13.2 Å². The Morgan fingerprint density at radius 1 is 1.39 bits per heavy atom. The number of hydrogen-bond acceptors (Lipinski definition) is 5. The van der Waals surface area contributed by atoms with Gasteiger partial charge in [-0.1, -0.05) is 0 Å². The number of amides is 1. The summed E-state index contributed by atoms with van der Waals surface area (Å²) in [6.45, 7) is 7.70. The largest absolute Gasteiger partial charge is 0.466 e. The molecule has 7 heteroatoms. The summed E-state index contributed by atoms with van der Waals surface area (Å²) in [6.07, 6.45) is 1.74. The first-order valence-electron chi connectivity index (χ1n) is 8.11. The molecule has 1 atom stereocenters. The molecule has 0 unspecified atom stereocenters. The van der Waals surface area contributed by atoms with Crippen molar-refractivity contribution in [1.29, 1.82) is 0 Å². The topological polar surface area (TPSA) is 76.5 Å². The number of nitrogens with one attached hydrogen (secondary N) is 1. The Labute approximate surface area is 137 Å². The first-order chi connectivity index (χ1) is 10.9. The minimum absolute atomic E-state index is 0.0753. The summed E-state index contributed by atoms with van der Waals surface area (Å²) in [5.41, 5.74) is 2.51. The highest BCUT2D eigenvalue weighted by Gasteiger charge is 2.28. The van der Waals surface area contributed by atoms with Gasteiger partial charge in [-0.05, 0) is 40.2 Å². The van der Waals surface area contributed by atoms with Gasteiger partial charge in [-0.3, -0.25) is 19.2 Å². The summed E-state index contributed by atoms with van der Waals surface area (Å²) in [4.78, 5) is 26.2. The van der Waals surface area contributed by atoms with Gasteiger partial charge >= 0.3 is 5.97 Å². The van der Waals surface area contributed by atoms with Crippen molar-refractivity contribution < 1.29 is 14.3 Å². The molecule has 1 N–H and O–H groups in total. The predicted octanol–water partition coefficient (Wildman–Crippen LogP) is 1.25. The van der Waals surface area contributed by atoms with Gasteiger partial charge in [-0.15, -0.1) is 0 Å². The zero-order valence-corrected chi connectivity index (χ0v) is 14.4. The number of aryl methyl sites for hydroxylation is 2. The molecular formula is C16H26N4O3. The van der Waals surface area contributed by atoms with Crippen molar-refractivity contribution in [1.82, 2.24) is 14.7 Å². The average Bonchev–Trinajstić information content (AvgIpc) is 2.74. The molecule has 1 aromatic rings. The maximum absolute atomic E-state index is 12.3. The molecule has 1 amide bonds. The van der Waals surface area contributed by atoms with Crippen LogP contribution in [0.3, 0.4) is 0 Å². The van der Waals surface area contributed by atoms with E-state index in [-0.39, 0.29) is 24.3 Å². The van der Waals surface area contributed by atoms with Gasteiger partial charge in [-0.2, -0.15) is 5.10 Å². The van der Waals surface area contributed by atoms with Crippen LogP contribution in [0.4, 0.5) is 5.69 Å². The van der Waals surface area contributed by atoms with Gasteiger partial charge < -0.3 is 10.1 Å². The van der Waals surface area contributed by atoms with Crippen molar-refractivity contribution in [2.75, 3.05) is 31.6 Å². The fourth-order valence-corrected chi connectivity index (χ4v) is 2.99. The van der Waals surface area contributed by atoms with Gasteiger partial charge in [0.1, 0.15) is 0 Å². The molecule has 1 aliphatic rings. The predicted molar refractivity (Wildman–Crippen MR) is 87.1 cm³/mol. The van der Waals surface area contributed by atoms with Crippen LogP contribution < -0.4 is 5.32 Å². The van der Waals surface area contributed by atoms with Gasteiger partial charge in [0.25, 0.3) is 0 Å². The molecule has 2 rings (SSSR count). The molecule has 0 radical (unpaired) electrons. The zero-order chi connectivity index (χ0) is 17.0. The molecule has 1 aromatic heterocycles. The van der Waals surface area contributed by atoms with Gasteiger partial charge in [0, 0.05) is 13.6 Å². The smallest absolute Gasteiger partial charge is 0.310 e. The lowest BCUT2D eigenvalue weighted by Crippen LogP contribution is -2.43. The Kier molecular flexibility index (Phi) is 5.76. The summed E-state index contributed by atoms with van der Waals surface area (Å²) in [5, 5.41) is 7.23. The molecule has 23 heavy (non-hydrogen) atoms. The highest BCUT2D eigenvalue weighted by Crippen LogP contribution is 2.20. The van der Waals surface area contributed by atoms with Crippen molar-refractivity contribution >= 4 is 17.6 Å². The fourth-order valence-electron chi connectivity index (χ4n) is 2.99. The van der Waals surface area contributed by atoms with E-state index in [1.807, 2.05) is 32.7 Å². The van der Waals surface area contributed by atoms with Crippen LogP contribution in [0.1, 0.15) is 31.2 Å². The van der Waals surface area contributed by atoms with Crippen molar-refractivity contribution in [3.05, 3.63) is 11.4 Å². The van der Waals surface area contributed by atoms with Gasteiger partial charge in [-0.25, -0.2) is 0 Å². The molecule has 128 valence electrons. The quantitative estimate of drug-likeness (QED) is 0.826. The zero-order valence-electron chi connectivity index (χ0n) is 14.4. The Balaban J connectivity index is 1.91. The number of likely N-dealkylation sites (tertiary alicyclic amines) is 1. The van der Waals surface area contributed by atoms with Crippen LogP contribution in [0.2, 0.25) is 0 Å². The first kappa shape index (κ1) is 17.5. The van der Waals surface area contributed by atoms with Gasteiger partial charge in [0.15, 0.2) is 0 Å². The summed E-state index contributed by atoms with van der Waals surface area (Å²) in [7, 11) is 1.85. The molecule has 0 saturated carbocycles. The SMILES string of the molecule is CCOC(=O)[C@H]1CCCN(CC(=O)Nc2c(C)nn(C)c2C)C1. The number of nitrogens with zero attached hydrogens (tertiary/aromatic N) is 3. The second-order valence-corrected chi connectivity index (χ2v) is 6.04. The number of rotatable bonds is 5. The lowest BCUT2D eigenvalue weighted by atomic mass is 9.98. The van der Waals surface area contributed by atoms with Crippen LogP contribution in [0.15, 0.2) is 0 Å². The van der Waals surface area contributed by atoms with Crippen LogP contribution in [-0.4, -0.2) is 52.8 Å². The number of carbonyl (C=O) groups excluding carboxylic acids is 2. The Morgan fingerprint density at radius 2 is 2.13 bits per heavy atom. The fraction of sp³-hybridized carbons (Fsp3) is 0.688. The van der Waals surface area contributed by atoms with Crippen molar-refractivity contribution in [3.63, 3.8) is 0 Å². The normalized spacial score (nSPS) is 18.7. The molecule has 1 saturated heterocycles. The van der Waals surface area contributed by atoms with Crippen molar-refractivity contribution in [2.45, 2.75) is 33.6 Å². The number of piperidine rings is 1. The lowest BCUT2D eigenvalue weighted by Gasteiger charge is -2.30. The van der Waals surface area contributed by atoms with Crippen LogP contribution in [0, 0.1) is 19.8 Å². The molecule has 0 bridgehead atoms. The highest BCUT2D eigenvalue weighted by molar-refractivity contribution is 5.93. The van der Waals surface area contributed by atoms with Crippen LogP contribution >= 0.6 is 0 Å². The third-order valence-electron chi connectivity index (χ3n) is 4.27. The molecule has 0 spiro atoms. The maximum Gasteiger partial charge on any atom is 0.310 e. The maximum atomic E-state index is 12.3. The molecule has 7 nitrogen and oxygen atoms in total. The minimum atomic E-state index is -0.156. The summed E-state index contributed by atoms with van der Waals surface area (Å²) in [6, 6.07) is 0. The van der Waals surface area contributed by atoms with Crippen molar-refractivity contribution in [3.8, 4) is 0 Å². The molecule has 0 aliphatic carbocycles. The van der Waals surface area contributed by atoms with E-state index >= 15 is 0 Å². The van der Waals surface area contributed by atoms with E-state index in [4.69, 9.17) is 4.74 Å². The monoisotopic (exact) mass is 322 g/mol. The third kappa shape index (κ3) is 4.31. The van der Waals surface area contributed by atoms with Crippen molar-refractivity contribution in [2.24, 2.45) is 13.0 Å². The van der Waals surface area contributed by atoms with E-state index in [9.17, 15) is 9.59 Å². The van der Waals surface area contributed by atoms with E-state index in [1.165, 1.54) is 0 Å². The summed E-state index contributed by atoms with van der Waals surface area (Å²) < 4.78 is 6.84. The minimum Gasteiger partial charge on any atom is -0.466 e. The Morgan fingerprint density at radius 3 is 2.74 bits per heavy atom. The molecule has 0 aromatic carbocycles. The van der Waals surface area contributed by atoms with E-state index in [0.717, 1.165) is 36.5 Å². The summed E-state index contributed by atoms with van der Waals surface area (Å²) in [5.74, 6) is -0.358. The molecular weight excluding hydrogens is 296 g/mol. The number of hydrogen-bond donors (Lipinski definition) is 1. The van der Waals surface area contributed by atoms with Crippen LogP contribution in [0.5, 0.6) is 0 Å². The van der Waals surface area contributed by atoms with Gasteiger partial charge in [0.2, 0.25) is 5.91 Å². The second-order valence-electron chi connectivity index (χ2n) is 6.04. The van der Waals surface area contributed by atoms with E-state index in [1.54, 1.807) is 4.68 Å². The standard InChI is InChI=1S/C16H26N4O3/c1-5-23-16(22)13-7-6-8-20(9-13)10-14(21)17-15-11(2)18-19(4)12(15)3/h13H,5-10H2,1-4H3,(H,17,21)/t13-/m0/s1. The first-order valence-corrected chi connectivity index (χ1v) is 8.11. The molecule has 1 fully saturated rings. The molecule has 1 aliphatic heterocycles. The highest BCUT2D eigenvalue weighted by atomic mass is 16.5. The molecule has 2 heterocycles. The lowest BCUT2D eigenvalue weighted by molar-refractivity contribution is -0.150. The van der Waals surface area contributed by atoms with Crippen LogP contribution in [0.25, 0.3) is 0 Å². The van der Waals surface area contributed by atoms with Gasteiger partial charge in [0.05, 0.1) is 36.1 Å². The third-order valence-corrected chi connectivity index (χ3v) is 4.27. The Bertz CT molecular complexity index is 582. The Hall–Kier alpha value is -1.89. The average molecular weight is 322 g/mol. The number of aromatic nitrogens is 2. The summed E-state index contributed by atoms with van der Waals surface area (Å²) >= 11 is 0.